The summed E-state index contributed by atoms with van der Waals surface area (Å²) in [5.41, 5.74) is 2.00. The van der Waals surface area contributed by atoms with Crippen molar-refractivity contribution in [1.29, 1.82) is 0 Å². The number of aryl methyl sites for hydroxylation is 2. The van der Waals surface area contributed by atoms with Crippen molar-refractivity contribution in [3.8, 4) is 0 Å². The standard InChI is InChI=1S/C12H17NO2S/c1-7(2)6-16-11-10(12(14)15)8(3)5-9(4)13-11/h5,7H,6H2,1-4H3,(H,14,15). The molecule has 0 fully saturated rings. The van der Waals surface area contributed by atoms with Gasteiger partial charge in [-0.3, -0.25) is 0 Å². The highest BCUT2D eigenvalue weighted by atomic mass is 32.2. The molecule has 0 amide bonds. The van der Waals surface area contributed by atoms with E-state index >= 15 is 0 Å². The Morgan fingerprint density at radius 3 is 2.62 bits per heavy atom. The van der Waals surface area contributed by atoms with Crippen LogP contribution in [-0.4, -0.2) is 21.8 Å². The maximum absolute atomic E-state index is 11.1. The summed E-state index contributed by atoms with van der Waals surface area (Å²) in [6.45, 7) is 7.92. The fourth-order valence-corrected chi connectivity index (χ4v) is 2.51. The Bertz CT molecular complexity index is 402. The molecule has 0 atom stereocenters. The summed E-state index contributed by atoms with van der Waals surface area (Å²) >= 11 is 1.52. The molecule has 1 rings (SSSR count). The molecule has 3 nitrogen and oxygen atoms in total. The van der Waals surface area contributed by atoms with Gasteiger partial charge < -0.3 is 5.11 Å². The first-order valence-electron chi connectivity index (χ1n) is 5.26. The molecule has 0 unspecified atom stereocenters. The number of nitrogens with zero attached hydrogens (tertiary/aromatic N) is 1. The van der Waals surface area contributed by atoms with Gasteiger partial charge in [-0.1, -0.05) is 13.8 Å². The van der Waals surface area contributed by atoms with Gasteiger partial charge in [-0.15, -0.1) is 11.8 Å². The first-order valence-corrected chi connectivity index (χ1v) is 6.24. The Balaban J connectivity index is 3.09. The molecule has 1 aromatic heterocycles. The summed E-state index contributed by atoms with van der Waals surface area (Å²) in [6, 6.07) is 1.81. The Labute approximate surface area is 100 Å². The van der Waals surface area contributed by atoms with Gasteiger partial charge in [-0.05, 0) is 31.4 Å². The van der Waals surface area contributed by atoms with Gasteiger partial charge in [0.15, 0.2) is 0 Å². The van der Waals surface area contributed by atoms with Gasteiger partial charge in [0.25, 0.3) is 0 Å². The van der Waals surface area contributed by atoms with Crippen molar-refractivity contribution >= 4 is 17.7 Å². The van der Waals surface area contributed by atoms with Crippen molar-refractivity contribution in [2.45, 2.75) is 32.7 Å². The number of pyridine rings is 1. The average Bonchev–Trinajstić information content (AvgIpc) is 2.12. The third-order valence-electron chi connectivity index (χ3n) is 2.08. The minimum absolute atomic E-state index is 0.344. The normalized spacial score (nSPS) is 10.8. The topological polar surface area (TPSA) is 50.2 Å². The molecule has 0 saturated carbocycles. The largest absolute Gasteiger partial charge is 0.478 e. The molecule has 1 N–H and O–H groups in total. The number of aromatic carboxylic acids is 1. The summed E-state index contributed by atoms with van der Waals surface area (Å²) in [5, 5.41) is 9.79. The quantitative estimate of drug-likeness (QED) is 0.820. The van der Waals surface area contributed by atoms with Crippen molar-refractivity contribution in [2.24, 2.45) is 5.92 Å². The highest BCUT2D eigenvalue weighted by Crippen LogP contribution is 2.25. The van der Waals surface area contributed by atoms with E-state index < -0.39 is 5.97 Å². The van der Waals surface area contributed by atoms with E-state index in [1.54, 1.807) is 0 Å². The first-order chi connectivity index (χ1) is 7.41. The second-order valence-corrected chi connectivity index (χ2v) is 5.28. The lowest BCUT2D eigenvalue weighted by Gasteiger charge is -2.10. The molecule has 0 saturated heterocycles. The Morgan fingerprint density at radius 2 is 2.12 bits per heavy atom. The molecule has 0 spiro atoms. The lowest BCUT2D eigenvalue weighted by molar-refractivity contribution is 0.0691. The van der Waals surface area contributed by atoms with Crippen molar-refractivity contribution in [1.82, 2.24) is 4.98 Å². The molecule has 0 aliphatic rings. The highest BCUT2D eigenvalue weighted by molar-refractivity contribution is 7.99. The van der Waals surface area contributed by atoms with Crippen LogP contribution >= 0.6 is 11.8 Å². The number of thioether (sulfide) groups is 1. The van der Waals surface area contributed by atoms with E-state index in [9.17, 15) is 4.79 Å². The minimum Gasteiger partial charge on any atom is -0.478 e. The lowest BCUT2D eigenvalue weighted by atomic mass is 10.1. The third kappa shape index (κ3) is 3.23. The third-order valence-corrected chi connectivity index (χ3v) is 3.48. The zero-order valence-corrected chi connectivity index (χ0v) is 10.9. The molecule has 1 heterocycles. The second-order valence-electron chi connectivity index (χ2n) is 4.27. The van der Waals surface area contributed by atoms with Crippen LogP contribution in [0.15, 0.2) is 11.1 Å². The van der Waals surface area contributed by atoms with Gasteiger partial charge in [0.1, 0.15) is 5.03 Å². The molecule has 16 heavy (non-hydrogen) atoms. The maximum atomic E-state index is 11.1. The Morgan fingerprint density at radius 1 is 1.50 bits per heavy atom. The van der Waals surface area contributed by atoms with Crippen LogP contribution < -0.4 is 0 Å². The van der Waals surface area contributed by atoms with Crippen molar-refractivity contribution in [2.75, 3.05) is 5.75 Å². The van der Waals surface area contributed by atoms with Crippen LogP contribution in [0.2, 0.25) is 0 Å². The molecule has 0 aliphatic carbocycles. The highest BCUT2D eigenvalue weighted by Gasteiger charge is 2.16. The van der Waals surface area contributed by atoms with Crippen LogP contribution in [0.5, 0.6) is 0 Å². The summed E-state index contributed by atoms with van der Waals surface area (Å²) in [7, 11) is 0. The van der Waals surface area contributed by atoms with Crippen LogP contribution in [0.4, 0.5) is 0 Å². The van der Waals surface area contributed by atoms with E-state index in [0.29, 0.717) is 16.5 Å². The van der Waals surface area contributed by atoms with Gasteiger partial charge >= 0.3 is 5.97 Å². The summed E-state index contributed by atoms with van der Waals surface area (Å²) < 4.78 is 0. The minimum atomic E-state index is -0.892. The molecule has 0 aliphatic heterocycles. The van der Waals surface area contributed by atoms with E-state index in [1.807, 2.05) is 19.9 Å². The smallest absolute Gasteiger partial charge is 0.338 e. The molecule has 0 aromatic carbocycles. The maximum Gasteiger partial charge on any atom is 0.338 e. The van der Waals surface area contributed by atoms with Crippen LogP contribution in [-0.2, 0) is 0 Å². The van der Waals surface area contributed by atoms with Crippen LogP contribution in [0.25, 0.3) is 0 Å². The number of carboxylic acids is 1. The van der Waals surface area contributed by atoms with Crippen LogP contribution in [0.1, 0.15) is 35.5 Å². The number of carboxylic acid groups (broad SMARTS) is 1. The molecule has 0 bridgehead atoms. The molecule has 1 aromatic rings. The molecular formula is C12H17NO2S. The van der Waals surface area contributed by atoms with Crippen molar-refractivity contribution < 1.29 is 9.90 Å². The SMILES string of the molecule is Cc1cc(C)c(C(=O)O)c(SCC(C)C)n1. The van der Waals surface area contributed by atoms with E-state index in [1.165, 1.54) is 11.8 Å². The van der Waals surface area contributed by atoms with Gasteiger partial charge in [-0.2, -0.15) is 0 Å². The average molecular weight is 239 g/mol. The Hall–Kier alpha value is -1.03. The zero-order valence-electron chi connectivity index (χ0n) is 10.1. The lowest BCUT2D eigenvalue weighted by Crippen LogP contribution is -2.06. The Kier molecular flexibility index (Phi) is 4.35. The summed E-state index contributed by atoms with van der Waals surface area (Å²) in [4.78, 5) is 15.5. The fraction of sp³-hybridized carbons (Fsp3) is 0.500. The van der Waals surface area contributed by atoms with E-state index in [-0.39, 0.29) is 0 Å². The van der Waals surface area contributed by atoms with E-state index in [2.05, 4.69) is 18.8 Å². The summed E-state index contributed by atoms with van der Waals surface area (Å²) in [6.07, 6.45) is 0. The van der Waals surface area contributed by atoms with Crippen molar-refractivity contribution in [3.63, 3.8) is 0 Å². The number of rotatable bonds is 4. The second kappa shape index (κ2) is 5.34. The zero-order chi connectivity index (χ0) is 12.3. The van der Waals surface area contributed by atoms with Gasteiger partial charge in [0.05, 0.1) is 5.56 Å². The summed E-state index contributed by atoms with van der Waals surface area (Å²) in [5.74, 6) is 0.515. The number of carbonyl (C=O) groups is 1. The number of aromatic nitrogens is 1. The van der Waals surface area contributed by atoms with Crippen LogP contribution in [0, 0.1) is 19.8 Å². The van der Waals surface area contributed by atoms with Crippen LogP contribution in [0.3, 0.4) is 0 Å². The predicted octanol–water partition coefficient (Wildman–Crippen LogP) is 3.14. The van der Waals surface area contributed by atoms with Gasteiger partial charge in [0.2, 0.25) is 0 Å². The van der Waals surface area contributed by atoms with Gasteiger partial charge in [-0.25, -0.2) is 9.78 Å². The fourth-order valence-electron chi connectivity index (χ4n) is 1.41. The first kappa shape index (κ1) is 13.0. The molecular weight excluding hydrogens is 222 g/mol. The molecule has 4 heteroatoms. The molecule has 88 valence electrons. The predicted molar refractivity (Wildman–Crippen MR) is 66.2 cm³/mol. The monoisotopic (exact) mass is 239 g/mol. The molecule has 0 radical (unpaired) electrons. The number of hydrogen-bond acceptors (Lipinski definition) is 3. The van der Waals surface area contributed by atoms with Crippen molar-refractivity contribution in [3.05, 3.63) is 22.9 Å². The van der Waals surface area contributed by atoms with E-state index in [4.69, 9.17) is 5.11 Å². The number of hydrogen-bond donors (Lipinski definition) is 1. The van der Waals surface area contributed by atoms with Gasteiger partial charge in [0, 0.05) is 11.4 Å². The van der Waals surface area contributed by atoms with E-state index in [0.717, 1.165) is 17.0 Å².